The van der Waals surface area contributed by atoms with Gasteiger partial charge >= 0.3 is 11.8 Å². The Morgan fingerprint density at radius 2 is 1.13 bits per heavy atom. The molecule has 31 heavy (non-hydrogen) atoms. The summed E-state index contributed by atoms with van der Waals surface area (Å²) in [6.07, 6.45) is 0. The van der Waals surface area contributed by atoms with Crippen molar-refractivity contribution in [1.29, 1.82) is 0 Å². The second-order valence-electron chi connectivity index (χ2n) is 7.18. The molecule has 0 bridgehead atoms. The smallest absolute Gasteiger partial charge is 0.307 e. The highest BCUT2D eigenvalue weighted by molar-refractivity contribution is 6.02. The largest absolute Gasteiger partial charge is 0.446 e. The molecule has 3 rings (SSSR count). The fourth-order valence-corrected chi connectivity index (χ4v) is 2.83. The number of nitrogens with zero attached hydrogens (tertiary/aromatic N) is 2. The van der Waals surface area contributed by atoms with Crippen LogP contribution in [-0.2, 0) is 0 Å². The summed E-state index contributed by atoms with van der Waals surface area (Å²) < 4.78 is 5.36. The van der Waals surface area contributed by atoms with E-state index in [4.69, 9.17) is 4.42 Å². The average Bonchev–Trinajstić information content (AvgIpc) is 3.26. The fourth-order valence-electron chi connectivity index (χ4n) is 2.83. The zero-order valence-corrected chi connectivity index (χ0v) is 17.9. The van der Waals surface area contributed by atoms with Gasteiger partial charge in [-0.2, -0.15) is 10.2 Å². The molecule has 158 valence electrons. The van der Waals surface area contributed by atoms with E-state index in [0.717, 1.165) is 22.3 Å². The van der Waals surface area contributed by atoms with E-state index in [1.54, 1.807) is 13.8 Å². The molecule has 2 aromatic carbocycles. The van der Waals surface area contributed by atoms with Gasteiger partial charge in [0, 0.05) is 0 Å². The molecule has 7 nitrogen and oxygen atoms in total. The number of benzene rings is 2. The minimum atomic E-state index is -0.550. The minimum Gasteiger partial charge on any atom is -0.446 e. The molecule has 1 heterocycles. The Hall–Kier alpha value is -4.00. The molecule has 0 spiro atoms. The second-order valence-corrected chi connectivity index (χ2v) is 7.18. The SMILES string of the molecule is C/C(=N\NC(=O)c1ccc(C(=O)N/N=C(\C)c2cccc(C)c2)o1)c1cccc(C)c1. The van der Waals surface area contributed by atoms with Gasteiger partial charge in [-0.25, -0.2) is 10.9 Å². The predicted molar refractivity (Wildman–Crippen MR) is 120 cm³/mol. The maximum Gasteiger partial charge on any atom is 0.307 e. The molecule has 2 N–H and O–H groups in total. The fraction of sp³-hybridized carbons (Fsp3) is 0.167. The van der Waals surface area contributed by atoms with Crippen LogP contribution in [0.4, 0.5) is 0 Å². The Labute approximate surface area is 180 Å². The Kier molecular flexibility index (Phi) is 6.77. The van der Waals surface area contributed by atoms with Gasteiger partial charge in [-0.1, -0.05) is 59.7 Å². The number of amides is 2. The van der Waals surface area contributed by atoms with Crippen molar-refractivity contribution in [3.8, 4) is 0 Å². The maximum absolute atomic E-state index is 12.3. The highest BCUT2D eigenvalue weighted by atomic mass is 16.4. The molecule has 0 saturated heterocycles. The highest BCUT2D eigenvalue weighted by Crippen LogP contribution is 2.10. The zero-order valence-electron chi connectivity index (χ0n) is 17.9. The van der Waals surface area contributed by atoms with Crippen LogP contribution in [0.15, 0.2) is 75.3 Å². The Morgan fingerprint density at radius 3 is 1.52 bits per heavy atom. The Morgan fingerprint density at radius 1 is 0.710 bits per heavy atom. The van der Waals surface area contributed by atoms with Gasteiger partial charge in [0.25, 0.3) is 0 Å². The number of aryl methyl sites for hydroxylation is 2. The number of rotatable bonds is 6. The first-order valence-electron chi connectivity index (χ1n) is 9.76. The minimum absolute atomic E-state index is 0.0228. The van der Waals surface area contributed by atoms with Crippen LogP contribution in [0.5, 0.6) is 0 Å². The lowest BCUT2D eigenvalue weighted by molar-refractivity contribution is 0.0902. The van der Waals surface area contributed by atoms with Crippen LogP contribution in [0.2, 0.25) is 0 Å². The van der Waals surface area contributed by atoms with Crippen molar-refractivity contribution in [2.45, 2.75) is 27.7 Å². The number of carbonyl (C=O) groups is 2. The molecule has 0 fully saturated rings. The number of hydrogen-bond donors (Lipinski definition) is 2. The van der Waals surface area contributed by atoms with Crippen molar-refractivity contribution >= 4 is 23.2 Å². The van der Waals surface area contributed by atoms with Crippen LogP contribution in [0.1, 0.15) is 57.2 Å². The molecule has 0 aliphatic carbocycles. The van der Waals surface area contributed by atoms with E-state index >= 15 is 0 Å². The van der Waals surface area contributed by atoms with Crippen molar-refractivity contribution in [3.63, 3.8) is 0 Å². The van der Waals surface area contributed by atoms with E-state index in [1.807, 2.05) is 62.4 Å². The third kappa shape index (κ3) is 5.76. The number of nitrogens with one attached hydrogen (secondary N) is 2. The first-order valence-corrected chi connectivity index (χ1v) is 9.76. The maximum atomic E-state index is 12.3. The summed E-state index contributed by atoms with van der Waals surface area (Å²) in [6, 6.07) is 18.4. The summed E-state index contributed by atoms with van der Waals surface area (Å²) in [7, 11) is 0. The van der Waals surface area contributed by atoms with Crippen molar-refractivity contribution in [1.82, 2.24) is 10.9 Å². The molecule has 3 aromatic rings. The van der Waals surface area contributed by atoms with Crippen LogP contribution in [0.3, 0.4) is 0 Å². The van der Waals surface area contributed by atoms with E-state index in [-0.39, 0.29) is 11.5 Å². The summed E-state index contributed by atoms with van der Waals surface area (Å²) in [6.45, 7) is 7.56. The lowest BCUT2D eigenvalue weighted by Crippen LogP contribution is -2.20. The van der Waals surface area contributed by atoms with Gasteiger partial charge in [-0.15, -0.1) is 0 Å². The predicted octanol–water partition coefficient (Wildman–Crippen LogP) is 4.20. The number of carbonyl (C=O) groups excluding carboxylic acids is 2. The van der Waals surface area contributed by atoms with Crippen molar-refractivity contribution in [2.24, 2.45) is 10.2 Å². The molecule has 1 aromatic heterocycles. The van der Waals surface area contributed by atoms with Crippen molar-refractivity contribution in [2.75, 3.05) is 0 Å². The average molecular weight is 416 g/mol. The second kappa shape index (κ2) is 9.67. The topological polar surface area (TPSA) is 96.1 Å². The molecule has 0 radical (unpaired) electrons. The molecule has 0 aliphatic heterocycles. The monoisotopic (exact) mass is 416 g/mol. The molecule has 0 saturated carbocycles. The van der Waals surface area contributed by atoms with Crippen LogP contribution >= 0.6 is 0 Å². The standard InChI is InChI=1S/C24H24N4O3/c1-15-7-5-9-19(13-15)17(3)25-27-23(29)21-11-12-22(31-21)24(30)28-26-18(4)20-10-6-8-16(2)14-20/h5-14H,1-4H3,(H,27,29)(H,28,30)/b25-17+,26-18+. The first-order chi connectivity index (χ1) is 14.8. The number of hydrogen-bond acceptors (Lipinski definition) is 5. The van der Waals surface area contributed by atoms with Gasteiger partial charge in [-0.05, 0) is 51.0 Å². The molecule has 0 aliphatic rings. The quantitative estimate of drug-likeness (QED) is 0.465. The Balaban J connectivity index is 1.62. The van der Waals surface area contributed by atoms with E-state index in [0.29, 0.717) is 11.4 Å². The lowest BCUT2D eigenvalue weighted by Gasteiger charge is -2.03. The van der Waals surface area contributed by atoms with Crippen LogP contribution < -0.4 is 10.9 Å². The lowest BCUT2D eigenvalue weighted by atomic mass is 10.1. The zero-order chi connectivity index (χ0) is 22.4. The molecule has 0 atom stereocenters. The summed E-state index contributed by atoms with van der Waals surface area (Å²) in [4.78, 5) is 24.6. The highest BCUT2D eigenvalue weighted by Gasteiger charge is 2.15. The van der Waals surface area contributed by atoms with Crippen molar-refractivity contribution in [3.05, 3.63) is 94.4 Å². The van der Waals surface area contributed by atoms with Crippen LogP contribution in [0.25, 0.3) is 0 Å². The van der Waals surface area contributed by atoms with E-state index in [9.17, 15) is 9.59 Å². The van der Waals surface area contributed by atoms with Gasteiger partial charge in [0.2, 0.25) is 0 Å². The summed E-state index contributed by atoms with van der Waals surface area (Å²) >= 11 is 0. The number of furan rings is 1. The van der Waals surface area contributed by atoms with Gasteiger partial charge in [0.1, 0.15) is 0 Å². The van der Waals surface area contributed by atoms with Gasteiger partial charge in [0.15, 0.2) is 11.5 Å². The van der Waals surface area contributed by atoms with Gasteiger partial charge < -0.3 is 4.42 Å². The van der Waals surface area contributed by atoms with E-state index < -0.39 is 11.8 Å². The third-order valence-corrected chi connectivity index (χ3v) is 4.58. The molecular weight excluding hydrogens is 392 g/mol. The van der Waals surface area contributed by atoms with Crippen LogP contribution in [0, 0.1) is 13.8 Å². The van der Waals surface area contributed by atoms with E-state index in [2.05, 4.69) is 21.1 Å². The molecular formula is C24H24N4O3. The third-order valence-electron chi connectivity index (χ3n) is 4.58. The first kappa shape index (κ1) is 21.7. The molecule has 7 heteroatoms. The van der Waals surface area contributed by atoms with Gasteiger partial charge in [0.05, 0.1) is 11.4 Å². The van der Waals surface area contributed by atoms with Gasteiger partial charge in [-0.3, -0.25) is 9.59 Å². The Bertz CT molecular complexity index is 1080. The summed E-state index contributed by atoms with van der Waals surface area (Å²) in [5.74, 6) is -1.15. The van der Waals surface area contributed by atoms with Crippen molar-refractivity contribution < 1.29 is 14.0 Å². The molecule has 0 unspecified atom stereocenters. The normalized spacial score (nSPS) is 11.9. The van der Waals surface area contributed by atoms with Crippen LogP contribution in [-0.4, -0.2) is 23.2 Å². The van der Waals surface area contributed by atoms with E-state index in [1.165, 1.54) is 12.1 Å². The summed E-state index contributed by atoms with van der Waals surface area (Å²) in [5.41, 5.74) is 10.2. The summed E-state index contributed by atoms with van der Waals surface area (Å²) in [5, 5.41) is 8.20. The molecule has 2 amide bonds. The number of hydrazone groups is 2.